The van der Waals surface area contributed by atoms with Gasteiger partial charge in [0.05, 0.1) is 5.92 Å². The molecule has 21 heavy (non-hydrogen) atoms. The summed E-state index contributed by atoms with van der Waals surface area (Å²) in [7, 11) is 0. The van der Waals surface area contributed by atoms with Crippen LogP contribution in [0.25, 0.3) is 0 Å². The number of amides is 1. The van der Waals surface area contributed by atoms with Gasteiger partial charge >= 0.3 is 0 Å². The molecular weight excluding hydrogens is 262 g/mol. The lowest BCUT2D eigenvalue weighted by atomic mass is 9.99. The Balaban J connectivity index is 1.95. The van der Waals surface area contributed by atoms with Gasteiger partial charge in [0.25, 0.3) is 0 Å². The molecule has 4 heteroatoms. The Hall–Kier alpha value is -1.39. The van der Waals surface area contributed by atoms with Crippen LogP contribution in [-0.4, -0.2) is 37.0 Å². The normalized spacial score (nSPS) is 18.7. The fourth-order valence-corrected chi connectivity index (χ4v) is 2.77. The topological polar surface area (TPSA) is 44.4 Å². The number of hydrogen-bond donors (Lipinski definition) is 2. The molecule has 2 rings (SSSR count). The molecule has 0 saturated carbocycles. The summed E-state index contributed by atoms with van der Waals surface area (Å²) in [5.41, 5.74) is 2.16. The van der Waals surface area contributed by atoms with E-state index in [-0.39, 0.29) is 11.8 Å². The van der Waals surface area contributed by atoms with Crippen LogP contribution in [0.1, 0.15) is 32.3 Å². The summed E-state index contributed by atoms with van der Waals surface area (Å²) in [4.78, 5) is 14.6. The highest BCUT2D eigenvalue weighted by molar-refractivity contribution is 5.92. The minimum Gasteiger partial charge on any atom is -0.326 e. The van der Waals surface area contributed by atoms with Crippen LogP contribution < -0.4 is 10.6 Å². The molecule has 116 valence electrons. The van der Waals surface area contributed by atoms with Crippen LogP contribution in [-0.2, 0) is 11.3 Å². The molecule has 0 spiro atoms. The number of rotatable bonds is 6. The number of nitrogens with zero attached hydrogens (tertiary/aromatic N) is 1. The van der Waals surface area contributed by atoms with Crippen molar-refractivity contribution in [1.82, 2.24) is 10.2 Å². The first-order valence-corrected chi connectivity index (χ1v) is 8.05. The summed E-state index contributed by atoms with van der Waals surface area (Å²) in [6.07, 6.45) is 2.07. The number of nitrogens with one attached hydrogen (secondary N) is 2. The second-order valence-electron chi connectivity index (χ2n) is 5.69. The highest BCUT2D eigenvalue weighted by atomic mass is 16.1. The summed E-state index contributed by atoms with van der Waals surface area (Å²) in [6.45, 7) is 9.19. The van der Waals surface area contributed by atoms with Gasteiger partial charge in [0.1, 0.15) is 0 Å². The van der Waals surface area contributed by atoms with E-state index < -0.39 is 0 Å². The molecule has 1 atom stereocenters. The van der Waals surface area contributed by atoms with Crippen LogP contribution in [0.2, 0.25) is 0 Å². The third-order valence-corrected chi connectivity index (χ3v) is 4.16. The first-order chi connectivity index (χ1) is 10.2. The molecular formula is C17H27N3O. The van der Waals surface area contributed by atoms with Crippen molar-refractivity contribution in [2.45, 2.75) is 33.2 Å². The third-order valence-electron chi connectivity index (χ3n) is 4.16. The van der Waals surface area contributed by atoms with E-state index >= 15 is 0 Å². The van der Waals surface area contributed by atoms with Gasteiger partial charge in [0.2, 0.25) is 5.91 Å². The Labute approximate surface area is 127 Å². The highest BCUT2D eigenvalue weighted by Gasteiger charge is 2.20. The number of anilines is 1. The summed E-state index contributed by atoms with van der Waals surface area (Å²) in [6, 6.07) is 8.20. The van der Waals surface area contributed by atoms with E-state index in [1.807, 2.05) is 12.1 Å². The van der Waals surface area contributed by atoms with Crippen molar-refractivity contribution in [1.29, 1.82) is 0 Å². The maximum atomic E-state index is 12.3. The van der Waals surface area contributed by atoms with Gasteiger partial charge in [-0.25, -0.2) is 0 Å². The maximum Gasteiger partial charge on any atom is 0.228 e. The zero-order valence-electron chi connectivity index (χ0n) is 13.2. The highest BCUT2D eigenvalue weighted by Crippen LogP contribution is 2.16. The maximum absolute atomic E-state index is 12.3. The van der Waals surface area contributed by atoms with Gasteiger partial charge in [-0.05, 0) is 50.2 Å². The SMILES string of the molecule is CCN(CC)Cc1cccc(NC(=O)[C@H]2CCCNC2)c1. The zero-order valence-corrected chi connectivity index (χ0v) is 13.2. The van der Waals surface area contributed by atoms with Crippen molar-refractivity contribution in [2.24, 2.45) is 5.92 Å². The Bertz CT molecular complexity index is 451. The van der Waals surface area contributed by atoms with Gasteiger partial charge in [0.15, 0.2) is 0 Å². The molecule has 0 bridgehead atoms. The molecule has 1 aromatic rings. The summed E-state index contributed by atoms with van der Waals surface area (Å²) >= 11 is 0. The van der Waals surface area contributed by atoms with Crippen molar-refractivity contribution in [3.8, 4) is 0 Å². The number of carbonyl (C=O) groups excluding carboxylic acids is 1. The van der Waals surface area contributed by atoms with Crippen LogP contribution in [0.3, 0.4) is 0 Å². The Kier molecular flexibility index (Phi) is 6.21. The van der Waals surface area contributed by atoms with Crippen LogP contribution in [0.4, 0.5) is 5.69 Å². The van der Waals surface area contributed by atoms with E-state index in [2.05, 4.69) is 41.5 Å². The molecule has 2 N–H and O–H groups in total. The smallest absolute Gasteiger partial charge is 0.228 e. The van der Waals surface area contributed by atoms with Crippen molar-refractivity contribution < 1.29 is 4.79 Å². The van der Waals surface area contributed by atoms with Gasteiger partial charge < -0.3 is 10.6 Å². The predicted molar refractivity (Wildman–Crippen MR) is 87.3 cm³/mol. The molecule has 0 aromatic heterocycles. The molecule has 1 heterocycles. The number of piperidine rings is 1. The number of carbonyl (C=O) groups is 1. The van der Waals surface area contributed by atoms with Crippen molar-refractivity contribution in [3.05, 3.63) is 29.8 Å². The van der Waals surface area contributed by atoms with Crippen LogP contribution >= 0.6 is 0 Å². The van der Waals surface area contributed by atoms with Crippen LogP contribution in [0, 0.1) is 5.92 Å². The minimum absolute atomic E-state index is 0.102. The van der Waals surface area contributed by atoms with Gasteiger partial charge in [-0.3, -0.25) is 9.69 Å². The minimum atomic E-state index is 0.102. The fourth-order valence-electron chi connectivity index (χ4n) is 2.77. The number of benzene rings is 1. The van der Waals surface area contributed by atoms with E-state index in [0.29, 0.717) is 0 Å². The lowest BCUT2D eigenvalue weighted by Crippen LogP contribution is -2.37. The van der Waals surface area contributed by atoms with Crippen molar-refractivity contribution in [3.63, 3.8) is 0 Å². The van der Waals surface area contributed by atoms with Crippen molar-refractivity contribution >= 4 is 11.6 Å². The summed E-state index contributed by atoms with van der Waals surface area (Å²) in [5, 5.41) is 6.35. The molecule has 1 fully saturated rings. The van der Waals surface area contributed by atoms with Gasteiger partial charge in [0, 0.05) is 18.8 Å². The zero-order chi connectivity index (χ0) is 15.1. The number of hydrogen-bond acceptors (Lipinski definition) is 3. The molecule has 4 nitrogen and oxygen atoms in total. The quantitative estimate of drug-likeness (QED) is 0.845. The molecule has 1 aliphatic rings. The third kappa shape index (κ3) is 4.83. The second kappa shape index (κ2) is 8.15. The Morgan fingerprint density at radius 3 is 2.86 bits per heavy atom. The molecule has 0 aliphatic carbocycles. The largest absolute Gasteiger partial charge is 0.326 e. The van der Waals surface area contributed by atoms with Gasteiger partial charge in [-0.15, -0.1) is 0 Å². The first kappa shape index (κ1) is 16.0. The summed E-state index contributed by atoms with van der Waals surface area (Å²) in [5.74, 6) is 0.243. The fraction of sp³-hybridized carbons (Fsp3) is 0.588. The molecule has 1 amide bonds. The van der Waals surface area contributed by atoms with Crippen molar-refractivity contribution in [2.75, 3.05) is 31.5 Å². The predicted octanol–water partition coefficient (Wildman–Crippen LogP) is 2.47. The average molecular weight is 289 g/mol. The van der Waals surface area contributed by atoms with E-state index in [9.17, 15) is 4.79 Å². The standard InChI is InChI=1S/C17H27N3O/c1-3-20(4-2)13-14-7-5-9-16(11-14)19-17(21)15-8-6-10-18-12-15/h5,7,9,11,15,18H,3-4,6,8,10,12-13H2,1-2H3,(H,19,21)/t15-/m0/s1. The first-order valence-electron chi connectivity index (χ1n) is 8.05. The van der Waals surface area contributed by atoms with Gasteiger partial charge in [-0.2, -0.15) is 0 Å². The second-order valence-corrected chi connectivity index (χ2v) is 5.69. The molecule has 0 unspecified atom stereocenters. The Morgan fingerprint density at radius 2 is 2.19 bits per heavy atom. The van der Waals surface area contributed by atoms with Gasteiger partial charge in [-0.1, -0.05) is 26.0 Å². The molecule has 0 radical (unpaired) electrons. The van der Waals surface area contributed by atoms with E-state index in [1.165, 1.54) is 5.56 Å². The summed E-state index contributed by atoms with van der Waals surface area (Å²) < 4.78 is 0. The lowest BCUT2D eigenvalue weighted by Gasteiger charge is -2.22. The van der Waals surface area contributed by atoms with Crippen LogP contribution in [0.5, 0.6) is 0 Å². The molecule has 1 saturated heterocycles. The molecule has 1 aliphatic heterocycles. The van der Waals surface area contributed by atoms with E-state index in [4.69, 9.17) is 0 Å². The lowest BCUT2D eigenvalue weighted by molar-refractivity contribution is -0.120. The monoisotopic (exact) mass is 289 g/mol. The average Bonchev–Trinajstić information content (AvgIpc) is 2.53. The van der Waals surface area contributed by atoms with E-state index in [1.54, 1.807) is 0 Å². The molecule has 1 aromatic carbocycles. The Morgan fingerprint density at radius 1 is 1.38 bits per heavy atom. The van der Waals surface area contributed by atoms with Crippen LogP contribution in [0.15, 0.2) is 24.3 Å². The van der Waals surface area contributed by atoms with E-state index in [0.717, 1.165) is 51.3 Å².